The minimum Gasteiger partial charge on any atom is -0.325 e. The van der Waals surface area contributed by atoms with Crippen LogP contribution in [0.4, 0.5) is 5.69 Å². The average Bonchev–Trinajstić information content (AvgIpc) is 2.96. The SMILES string of the molecule is Cc1cccc(NC(=O)[C@]23CC[C@@H](C2)C(C)(C)C3=O)c1C. The van der Waals surface area contributed by atoms with Gasteiger partial charge in [0, 0.05) is 11.1 Å². The van der Waals surface area contributed by atoms with Crippen molar-refractivity contribution in [1.82, 2.24) is 0 Å². The molecule has 1 amide bonds. The maximum atomic E-state index is 12.8. The van der Waals surface area contributed by atoms with Crippen LogP contribution in [0.5, 0.6) is 0 Å². The zero-order valence-corrected chi connectivity index (χ0v) is 13.2. The molecule has 2 atom stereocenters. The number of amides is 1. The lowest BCUT2D eigenvalue weighted by Gasteiger charge is -2.32. The van der Waals surface area contributed by atoms with E-state index in [2.05, 4.69) is 5.32 Å². The summed E-state index contributed by atoms with van der Waals surface area (Å²) >= 11 is 0. The number of rotatable bonds is 2. The first kappa shape index (κ1) is 14.3. The van der Waals surface area contributed by atoms with E-state index in [1.54, 1.807) is 0 Å². The van der Waals surface area contributed by atoms with Gasteiger partial charge in [0.1, 0.15) is 5.41 Å². The van der Waals surface area contributed by atoms with Gasteiger partial charge in [-0.05, 0) is 56.2 Å². The molecule has 1 N–H and O–H groups in total. The van der Waals surface area contributed by atoms with Crippen LogP contribution in [0.25, 0.3) is 0 Å². The van der Waals surface area contributed by atoms with Gasteiger partial charge in [0.05, 0.1) is 0 Å². The van der Waals surface area contributed by atoms with Crippen LogP contribution in [0.1, 0.15) is 44.2 Å². The van der Waals surface area contributed by atoms with Crippen LogP contribution < -0.4 is 5.32 Å². The van der Waals surface area contributed by atoms with Crippen molar-refractivity contribution in [2.45, 2.75) is 47.0 Å². The molecule has 2 bridgehead atoms. The molecule has 3 nitrogen and oxygen atoms in total. The number of carbonyl (C=O) groups excluding carboxylic acids is 2. The van der Waals surface area contributed by atoms with Crippen molar-refractivity contribution < 1.29 is 9.59 Å². The zero-order chi connectivity index (χ0) is 15.4. The van der Waals surface area contributed by atoms with Gasteiger partial charge in [-0.15, -0.1) is 0 Å². The summed E-state index contributed by atoms with van der Waals surface area (Å²) in [7, 11) is 0. The van der Waals surface area contributed by atoms with Crippen LogP contribution in [0, 0.1) is 30.6 Å². The maximum Gasteiger partial charge on any atom is 0.238 e. The highest BCUT2D eigenvalue weighted by Crippen LogP contribution is 2.60. The van der Waals surface area contributed by atoms with Gasteiger partial charge in [-0.3, -0.25) is 9.59 Å². The zero-order valence-electron chi connectivity index (χ0n) is 13.2. The average molecular weight is 285 g/mol. The van der Waals surface area contributed by atoms with Crippen LogP contribution in [0.3, 0.4) is 0 Å². The second-order valence-electron chi connectivity index (χ2n) is 7.27. The summed E-state index contributed by atoms with van der Waals surface area (Å²) in [5, 5.41) is 3.02. The van der Waals surface area contributed by atoms with Crippen molar-refractivity contribution in [3.8, 4) is 0 Å². The van der Waals surface area contributed by atoms with Gasteiger partial charge in [0.15, 0.2) is 5.78 Å². The lowest BCUT2D eigenvalue weighted by molar-refractivity contribution is -0.142. The van der Waals surface area contributed by atoms with Gasteiger partial charge in [-0.2, -0.15) is 0 Å². The highest BCUT2D eigenvalue weighted by molar-refractivity contribution is 6.15. The van der Waals surface area contributed by atoms with Crippen LogP contribution in [0.2, 0.25) is 0 Å². The molecule has 0 saturated heterocycles. The molecule has 112 valence electrons. The lowest BCUT2D eigenvalue weighted by atomic mass is 9.70. The molecule has 21 heavy (non-hydrogen) atoms. The number of nitrogens with one attached hydrogen (secondary N) is 1. The van der Waals surface area contributed by atoms with Crippen LogP contribution in [-0.4, -0.2) is 11.7 Å². The highest BCUT2D eigenvalue weighted by Gasteiger charge is 2.65. The summed E-state index contributed by atoms with van der Waals surface area (Å²) in [5.41, 5.74) is 1.91. The van der Waals surface area contributed by atoms with Gasteiger partial charge in [0.25, 0.3) is 0 Å². The molecule has 0 heterocycles. The Labute approximate surface area is 126 Å². The standard InChI is InChI=1S/C18H23NO2/c1-11-6-5-7-14(12(11)2)19-16(21)18-9-8-13(10-18)17(3,4)15(18)20/h5-7,13H,8-10H2,1-4H3,(H,19,21)/t13-,18+/m0/s1. The van der Waals surface area contributed by atoms with Crippen molar-refractivity contribution >= 4 is 17.4 Å². The molecule has 1 aromatic carbocycles. The van der Waals surface area contributed by atoms with Gasteiger partial charge < -0.3 is 5.32 Å². The summed E-state index contributed by atoms with van der Waals surface area (Å²) in [5.74, 6) is 0.387. The molecule has 0 aliphatic heterocycles. The maximum absolute atomic E-state index is 12.8. The van der Waals surface area contributed by atoms with E-state index in [9.17, 15) is 9.59 Å². The summed E-state index contributed by atoms with van der Waals surface area (Å²) in [4.78, 5) is 25.6. The quantitative estimate of drug-likeness (QED) is 0.843. The number of hydrogen-bond acceptors (Lipinski definition) is 2. The monoisotopic (exact) mass is 285 g/mol. The third-order valence-corrected chi connectivity index (χ3v) is 5.84. The van der Waals surface area contributed by atoms with Crippen LogP contribution >= 0.6 is 0 Å². The topological polar surface area (TPSA) is 46.2 Å². The molecule has 0 aromatic heterocycles. The number of aryl methyl sites for hydroxylation is 1. The Morgan fingerprint density at radius 3 is 2.62 bits per heavy atom. The number of benzene rings is 1. The van der Waals surface area contributed by atoms with Crippen LogP contribution in [-0.2, 0) is 9.59 Å². The highest BCUT2D eigenvalue weighted by atomic mass is 16.2. The number of hydrogen-bond donors (Lipinski definition) is 1. The first-order valence-electron chi connectivity index (χ1n) is 7.71. The van der Waals surface area contributed by atoms with E-state index in [-0.39, 0.29) is 17.1 Å². The Morgan fingerprint density at radius 1 is 1.29 bits per heavy atom. The van der Waals surface area contributed by atoms with Crippen molar-refractivity contribution in [1.29, 1.82) is 0 Å². The Bertz CT molecular complexity index is 632. The summed E-state index contributed by atoms with van der Waals surface area (Å²) < 4.78 is 0. The molecule has 2 fully saturated rings. The normalized spacial score (nSPS) is 29.7. The third-order valence-electron chi connectivity index (χ3n) is 5.84. The van der Waals surface area contributed by atoms with E-state index in [4.69, 9.17) is 0 Å². The van der Waals surface area contributed by atoms with Gasteiger partial charge >= 0.3 is 0 Å². The summed E-state index contributed by atoms with van der Waals surface area (Å²) in [6.07, 6.45) is 2.41. The van der Waals surface area contributed by atoms with E-state index >= 15 is 0 Å². The van der Waals surface area contributed by atoms with E-state index in [0.29, 0.717) is 12.3 Å². The van der Waals surface area contributed by atoms with Gasteiger partial charge in [-0.25, -0.2) is 0 Å². The van der Waals surface area contributed by atoms with Gasteiger partial charge in [-0.1, -0.05) is 26.0 Å². The van der Waals surface area contributed by atoms with E-state index in [1.165, 1.54) is 0 Å². The van der Waals surface area contributed by atoms with E-state index in [1.807, 2.05) is 45.9 Å². The largest absolute Gasteiger partial charge is 0.325 e. The molecular weight excluding hydrogens is 262 g/mol. The molecule has 0 unspecified atom stereocenters. The number of carbonyl (C=O) groups is 2. The Hall–Kier alpha value is -1.64. The third kappa shape index (κ3) is 1.86. The summed E-state index contributed by atoms with van der Waals surface area (Å²) in [6, 6.07) is 5.88. The Balaban J connectivity index is 1.90. The minimum absolute atomic E-state index is 0.103. The first-order chi connectivity index (χ1) is 9.79. The van der Waals surface area contributed by atoms with E-state index in [0.717, 1.165) is 29.7 Å². The number of anilines is 1. The fourth-order valence-corrected chi connectivity index (χ4v) is 4.11. The number of Topliss-reactive ketones (excluding diaryl/α,β-unsaturated/α-hetero) is 1. The number of ketones is 1. The first-order valence-corrected chi connectivity index (χ1v) is 7.71. The molecule has 3 heteroatoms. The Kier molecular flexibility index (Phi) is 3.01. The molecule has 0 radical (unpaired) electrons. The predicted molar refractivity (Wildman–Crippen MR) is 83.1 cm³/mol. The van der Waals surface area contributed by atoms with Crippen molar-refractivity contribution in [3.05, 3.63) is 29.3 Å². The molecule has 1 aromatic rings. The second-order valence-corrected chi connectivity index (χ2v) is 7.27. The van der Waals surface area contributed by atoms with E-state index < -0.39 is 5.41 Å². The number of fused-ring (bicyclic) bond motifs is 2. The summed E-state index contributed by atoms with van der Waals surface area (Å²) in [6.45, 7) is 8.01. The van der Waals surface area contributed by atoms with Gasteiger partial charge in [0.2, 0.25) is 5.91 Å². The van der Waals surface area contributed by atoms with Crippen molar-refractivity contribution in [2.75, 3.05) is 5.32 Å². The Morgan fingerprint density at radius 2 is 2.00 bits per heavy atom. The minimum atomic E-state index is -0.787. The van der Waals surface area contributed by atoms with Crippen LogP contribution in [0.15, 0.2) is 18.2 Å². The smallest absolute Gasteiger partial charge is 0.238 e. The predicted octanol–water partition coefficient (Wildman–Crippen LogP) is 3.64. The second kappa shape index (κ2) is 4.43. The lowest BCUT2D eigenvalue weighted by Crippen LogP contribution is -2.44. The fraction of sp³-hybridized carbons (Fsp3) is 0.556. The molecule has 0 spiro atoms. The van der Waals surface area contributed by atoms with Crippen molar-refractivity contribution in [3.63, 3.8) is 0 Å². The molecule has 2 aliphatic rings. The molecule has 3 rings (SSSR count). The molecule has 2 aliphatic carbocycles. The fourth-order valence-electron chi connectivity index (χ4n) is 4.11. The molecular formula is C18H23NO2. The molecule has 2 saturated carbocycles. The van der Waals surface area contributed by atoms with Crippen molar-refractivity contribution in [2.24, 2.45) is 16.7 Å².